The second-order valence-corrected chi connectivity index (χ2v) is 6.28. The molecule has 1 N–H and O–H groups in total. The lowest BCUT2D eigenvalue weighted by Gasteiger charge is -2.34. The van der Waals surface area contributed by atoms with Gasteiger partial charge in [-0.25, -0.2) is 0 Å². The van der Waals surface area contributed by atoms with Crippen molar-refractivity contribution in [2.75, 3.05) is 39.8 Å². The molecule has 118 valence electrons. The molecule has 5 heteroatoms. The summed E-state index contributed by atoms with van der Waals surface area (Å²) in [6, 6.07) is 0.701. The summed E-state index contributed by atoms with van der Waals surface area (Å²) >= 11 is 0. The average molecular weight is 304 g/mol. The standard InChI is InChI=1S/C15H29N3O.ClH/c1-13-3-5-14(6-4-13)17(2)10-7-15(19)18-11-8-16-9-12-18;/h13-14,16H,3-12H2,1-2H3;1H. The number of amides is 1. The zero-order valence-corrected chi connectivity index (χ0v) is 13.8. The number of hydrogen-bond donors (Lipinski definition) is 1. The largest absolute Gasteiger partial charge is 0.340 e. The first-order valence-electron chi connectivity index (χ1n) is 7.85. The van der Waals surface area contributed by atoms with Crippen molar-refractivity contribution in [3.63, 3.8) is 0 Å². The first kappa shape index (κ1) is 17.7. The van der Waals surface area contributed by atoms with E-state index >= 15 is 0 Å². The molecule has 4 nitrogen and oxygen atoms in total. The molecular formula is C15H30ClN3O. The Hall–Kier alpha value is -0.320. The summed E-state index contributed by atoms with van der Waals surface area (Å²) in [4.78, 5) is 16.5. The number of halogens is 1. The molecule has 0 aromatic heterocycles. The van der Waals surface area contributed by atoms with Crippen LogP contribution in [-0.4, -0.2) is 61.5 Å². The fourth-order valence-corrected chi connectivity index (χ4v) is 3.21. The van der Waals surface area contributed by atoms with Gasteiger partial charge in [0.05, 0.1) is 0 Å². The lowest BCUT2D eigenvalue weighted by molar-refractivity contribution is -0.132. The van der Waals surface area contributed by atoms with E-state index in [0.29, 0.717) is 18.4 Å². The van der Waals surface area contributed by atoms with Crippen LogP contribution >= 0.6 is 12.4 Å². The van der Waals surface area contributed by atoms with Crippen LogP contribution in [0.4, 0.5) is 0 Å². The summed E-state index contributed by atoms with van der Waals surface area (Å²) in [6.07, 6.45) is 5.99. The van der Waals surface area contributed by atoms with Gasteiger partial charge in [-0.2, -0.15) is 0 Å². The summed E-state index contributed by atoms with van der Waals surface area (Å²) < 4.78 is 0. The molecule has 0 aromatic carbocycles. The first-order valence-corrected chi connectivity index (χ1v) is 7.85. The number of nitrogens with one attached hydrogen (secondary N) is 1. The molecule has 0 radical (unpaired) electrons. The predicted molar refractivity (Wildman–Crippen MR) is 85.4 cm³/mol. The van der Waals surface area contributed by atoms with Crippen molar-refractivity contribution < 1.29 is 4.79 Å². The minimum absolute atomic E-state index is 0. The van der Waals surface area contributed by atoms with Crippen LogP contribution in [-0.2, 0) is 4.79 Å². The summed E-state index contributed by atoms with van der Waals surface area (Å²) in [5.74, 6) is 1.23. The lowest BCUT2D eigenvalue weighted by atomic mass is 9.87. The monoisotopic (exact) mass is 303 g/mol. The van der Waals surface area contributed by atoms with Gasteiger partial charge in [-0.05, 0) is 38.6 Å². The maximum atomic E-state index is 12.1. The summed E-state index contributed by atoms with van der Waals surface area (Å²) in [5, 5.41) is 3.29. The van der Waals surface area contributed by atoms with E-state index in [1.165, 1.54) is 25.7 Å². The molecule has 0 spiro atoms. The van der Waals surface area contributed by atoms with Gasteiger partial charge < -0.3 is 15.1 Å². The molecule has 1 amide bonds. The Balaban J connectivity index is 0.00000200. The van der Waals surface area contributed by atoms with Gasteiger partial charge in [0, 0.05) is 45.2 Å². The summed E-state index contributed by atoms with van der Waals surface area (Å²) in [6.45, 7) is 6.92. The van der Waals surface area contributed by atoms with Crippen molar-refractivity contribution in [3.05, 3.63) is 0 Å². The van der Waals surface area contributed by atoms with Crippen LogP contribution in [0.1, 0.15) is 39.0 Å². The minimum Gasteiger partial charge on any atom is -0.340 e. The van der Waals surface area contributed by atoms with Crippen molar-refractivity contribution in [3.8, 4) is 0 Å². The van der Waals surface area contributed by atoms with Gasteiger partial charge >= 0.3 is 0 Å². The van der Waals surface area contributed by atoms with Gasteiger partial charge in [0.25, 0.3) is 0 Å². The maximum absolute atomic E-state index is 12.1. The van der Waals surface area contributed by atoms with Crippen LogP contribution in [0.5, 0.6) is 0 Å². The van der Waals surface area contributed by atoms with Crippen LogP contribution in [0.3, 0.4) is 0 Å². The normalized spacial score (nSPS) is 27.2. The number of piperazine rings is 1. The van der Waals surface area contributed by atoms with E-state index in [1.54, 1.807) is 0 Å². The molecule has 0 atom stereocenters. The van der Waals surface area contributed by atoms with Crippen LogP contribution in [0.25, 0.3) is 0 Å². The topological polar surface area (TPSA) is 35.6 Å². The van der Waals surface area contributed by atoms with Crippen molar-refractivity contribution in [2.45, 2.75) is 45.1 Å². The highest BCUT2D eigenvalue weighted by atomic mass is 35.5. The van der Waals surface area contributed by atoms with Crippen molar-refractivity contribution >= 4 is 18.3 Å². The van der Waals surface area contributed by atoms with E-state index < -0.39 is 0 Å². The zero-order chi connectivity index (χ0) is 13.7. The van der Waals surface area contributed by atoms with Gasteiger partial charge in [-0.15, -0.1) is 12.4 Å². The van der Waals surface area contributed by atoms with E-state index in [4.69, 9.17) is 0 Å². The van der Waals surface area contributed by atoms with E-state index in [1.807, 2.05) is 4.90 Å². The Morgan fingerprint density at radius 3 is 2.40 bits per heavy atom. The Kier molecular flexibility index (Phi) is 7.85. The van der Waals surface area contributed by atoms with Gasteiger partial charge in [-0.1, -0.05) is 6.92 Å². The molecule has 1 heterocycles. The van der Waals surface area contributed by atoms with Crippen molar-refractivity contribution in [1.29, 1.82) is 0 Å². The van der Waals surface area contributed by atoms with Crippen LogP contribution in [0, 0.1) is 5.92 Å². The summed E-state index contributed by atoms with van der Waals surface area (Å²) in [7, 11) is 2.19. The second kappa shape index (κ2) is 8.85. The fraction of sp³-hybridized carbons (Fsp3) is 0.933. The van der Waals surface area contributed by atoms with Gasteiger partial charge in [0.2, 0.25) is 5.91 Å². The van der Waals surface area contributed by atoms with Gasteiger partial charge in [0.15, 0.2) is 0 Å². The first-order chi connectivity index (χ1) is 9.16. The third-order valence-electron chi connectivity index (χ3n) is 4.76. The smallest absolute Gasteiger partial charge is 0.223 e. The molecule has 0 unspecified atom stereocenters. The fourth-order valence-electron chi connectivity index (χ4n) is 3.21. The van der Waals surface area contributed by atoms with Crippen molar-refractivity contribution in [2.24, 2.45) is 5.92 Å². The van der Waals surface area contributed by atoms with Gasteiger partial charge in [0.1, 0.15) is 0 Å². The van der Waals surface area contributed by atoms with Crippen LogP contribution in [0.15, 0.2) is 0 Å². The quantitative estimate of drug-likeness (QED) is 0.859. The third kappa shape index (κ3) is 5.23. The number of carbonyl (C=O) groups excluding carboxylic acids is 1. The van der Waals surface area contributed by atoms with Gasteiger partial charge in [-0.3, -0.25) is 4.79 Å². The van der Waals surface area contributed by atoms with E-state index in [9.17, 15) is 4.79 Å². The van der Waals surface area contributed by atoms with E-state index in [2.05, 4.69) is 24.2 Å². The highest BCUT2D eigenvalue weighted by molar-refractivity contribution is 5.85. The SMILES string of the molecule is CC1CCC(N(C)CCC(=O)N2CCNCC2)CC1.Cl. The highest BCUT2D eigenvalue weighted by Crippen LogP contribution is 2.26. The lowest BCUT2D eigenvalue weighted by Crippen LogP contribution is -2.47. The second-order valence-electron chi connectivity index (χ2n) is 6.28. The highest BCUT2D eigenvalue weighted by Gasteiger charge is 2.23. The summed E-state index contributed by atoms with van der Waals surface area (Å²) in [5.41, 5.74) is 0. The molecule has 1 aliphatic carbocycles. The number of hydrogen-bond acceptors (Lipinski definition) is 3. The molecule has 2 fully saturated rings. The average Bonchev–Trinajstić information content (AvgIpc) is 2.46. The number of nitrogens with zero attached hydrogens (tertiary/aromatic N) is 2. The third-order valence-corrected chi connectivity index (χ3v) is 4.76. The molecule has 2 aliphatic rings. The molecule has 0 aromatic rings. The Labute approximate surface area is 129 Å². The molecule has 20 heavy (non-hydrogen) atoms. The zero-order valence-electron chi connectivity index (χ0n) is 12.9. The van der Waals surface area contributed by atoms with Crippen LogP contribution < -0.4 is 5.32 Å². The molecule has 1 saturated heterocycles. The maximum Gasteiger partial charge on any atom is 0.223 e. The molecule has 2 rings (SSSR count). The minimum atomic E-state index is 0. The van der Waals surface area contributed by atoms with Crippen molar-refractivity contribution in [1.82, 2.24) is 15.1 Å². The number of rotatable bonds is 4. The van der Waals surface area contributed by atoms with Crippen LogP contribution in [0.2, 0.25) is 0 Å². The predicted octanol–water partition coefficient (Wildman–Crippen LogP) is 1.74. The molecule has 1 aliphatic heterocycles. The number of carbonyl (C=O) groups is 1. The molecule has 1 saturated carbocycles. The molecular weight excluding hydrogens is 274 g/mol. The Bertz CT molecular complexity index is 287. The van der Waals surface area contributed by atoms with E-state index in [0.717, 1.165) is 38.6 Å². The molecule has 0 bridgehead atoms. The Morgan fingerprint density at radius 2 is 1.80 bits per heavy atom. The van der Waals surface area contributed by atoms with E-state index in [-0.39, 0.29) is 12.4 Å². The Morgan fingerprint density at radius 1 is 1.20 bits per heavy atom.